The summed E-state index contributed by atoms with van der Waals surface area (Å²) in [4.78, 5) is 0. The molecule has 0 aliphatic carbocycles. The quantitative estimate of drug-likeness (QED) is 0.545. The van der Waals surface area contributed by atoms with Crippen LogP contribution in [0.1, 0.15) is 47.1 Å². The van der Waals surface area contributed by atoms with E-state index in [1.54, 1.807) is 0 Å². The Morgan fingerprint density at radius 2 is 1.53 bits per heavy atom. The summed E-state index contributed by atoms with van der Waals surface area (Å²) in [6.45, 7) is 14.2. The van der Waals surface area contributed by atoms with Crippen molar-refractivity contribution in [1.82, 2.24) is 4.23 Å². The SMILES string of the molecule is C#Cc1ccn([Si](C(C)C)(C(C)C)C(C)C)c1. The molecule has 0 spiro atoms. The Hall–Kier alpha value is -0.943. The fourth-order valence-corrected chi connectivity index (χ4v) is 10.1. The van der Waals surface area contributed by atoms with Crippen LogP contribution in [0, 0.1) is 12.3 Å². The minimum Gasteiger partial charge on any atom is -0.378 e. The first-order valence-electron chi connectivity index (χ1n) is 6.52. The van der Waals surface area contributed by atoms with E-state index in [0.717, 1.165) is 5.56 Å². The first-order valence-corrected chi connectivity index (χ1v) is 8.70. The molecule has 0 fully saturated rings. The summed E-state index contributed by atoms with van der Waals surface area (Å²) in [5.74, 6) is 2.74. The summed E-state index contributed by atoms with van der Waals surface area (Å²) >= 11 is 0. The lowest BCUT2D eigenvalue weighted by atomic mass is 10.4. The lowest BCUT2D eigenvalue weighted by molar-refractivity contribution is 0.765. The van der Waals surface area contributed by atoms with Gasteiger partial charge >= 0.3 is 0 Å². The molecule has 0 amide bonds. The molecule has 0 aliphatic heterocycles. The van der Waals surface area contributed by atoms with Crippen LogP contribution in [0.5, 0.6) is 0 Å². The van der Waals surface area contributed by atoms with Crippen LogP contribution in [-0.4, -0.2) is 12.5 Å². The van der Waals surface area contributed by atoms with Gasteiger partial charge in [-0.3, -0.25) is 0 Å². The van der Waals surface area contributed by atoms with Crippen LogP contribution < -0.4 is 0 Å². The molecule has 0 N–H and O–H groups in total. The number of rotatable bonds is 4. The van der Waals surface area contributed by atoms with Gasteiger partial charge in [-0.15, -0.1) is 6.42 Å². The Labute approximate surface area is 107 Å². The zero-order valence-electron chi connectivity index (χ0n) is 12.0. The van der Waals surface area contributed by atoms with Crippen molar-refractivity contribution in [3.8, 4) is 12.3 Å². The van der Waals surface area contributed by atoms with E-state index in [2.05, 4.69) is 70.2 Å². The van der Waals surface area contributed by atoms with E-state index >= 15 is 0 Å². The summed E-state index contributed by atoms with van der Waals surface area (Å²) in [7, 11) is -1.58. The highest BCUT2D eigenvalue weighted by Crippen LogP contribution is 2.42. The van der Waals surface area contributed by atoms with Crippen LogP contribution >= 0.6 is 0 Å². The van der Waals surface area contributed by atoms with Crippen molar-refractivity contribution in [3.05, 3.63) is 24.0 Å². The molecule has 0 atom stereocenters. The number of hydrogen-bond acceptors (Lipinski definition) is 0. The summed E-state index contributed by atoms with van der Waals surface area (Å²) in [5, 5.41) is 0. The van der Waals surface area contributed by atoms with Crippen molar-refractivity contribution in [2.45, 2.75) is 58.2 Å². The van der Waals surface area contributed by atoms with Crippen LogP contribution in [-0.2, 0) is 0 Å². The monoisotopic (exact) mass is 247 g/mol. The third-order valence-corrected chi connectivity index (χ3v) is 10.8. The molecule has 1 aromatic heterocycles. The second kappa shape index (κ2) is 5.14. The maximum atomic E-state index is 5.49. The molecule has 94 valence electrons. The van der Waals surface area contributed by atoms with Gasteiger partial charge in [-0.05, 0) is 28.9 Å². The molecular weight excluding hydrogens is 222 g/mol. The molecule has 0 radical (unpaired) electrons. The maximum Gasteiger partial charge on any atom is 0.168 e. The molecule has 1 rings (SSSR count). The molecular formula is C15H25NSi. The van der Waals surface area contributed by atoms with Gasteiger partial charge in [0.1, 0.15) is 0 Å². The third kappa shape index (κ3) is 2.21. The Bertz CT molecular complexity index is 385. The Balaban J connectivity index is 3.37. The highest BCUT2D eigenvalue weighted by atomic mass is 28.3. The number of hydrogen-bond donors (Lipinski definition) is 0. The van der Waals surface area contributed by atoms with Gasteiger partial charge < -0.3 is 4.23 Å². The van der Waals surface area contributed by atoms with Gasteiger partial charge in [0.25, 0.3) is 0 Å². The minimum absolute atomic E-state index is 0.709. The van der Waals surface area contributed by atoms with Crippen molar-refractivity contribution < 1.29 is 0 Å². The third-order valence-electron chi connectivity index (χ3n) is 4.08. The lowest BCUT2D eigenvalue weighted by Gasteiger charge is -2.44. The zero-order valence-corrected chi connectivity index (χ0v) is 13.0. The molecule has 0 aromatic carbocycles. The van der Waals surface area contributed by atoms with Crippen LogP contribution in [0.25, 0.3) is 0 Å². The second-order valence-corrected chi connectivity index (χ2v) is 11.6. The molecule has 0 unspecified atom stereocenters. The normalized spacial score (nSPS) is 12.5. The summed E-state index contributed by atoms with van der Waals surface area (Å²) < 4.78 is 2.47. The first-order chi connectivity index (χ1) is 7.87. The van der Waals surface area contributed by atoms with Crippen LogP contribution in [0.4, 0.5) is 0 Å². The van der Waals surface area contributed by atoms with E-state index in [0.29, 0.717) is 16.6 Å². The zero-order chi connectivity index (χ0) is 13.2. The van der Waals surface area contributed by atoms with Crippen molar-refractivity contribution in [2.75, 3.05) is 0 Å². The van der Waals surface area contributed by atoms with Crippen molar-refractivity contribution in [1.29, 1.82) is 0 Å². The Kier molecular flexibility index (Phi) is 4.27. The lowest BCUT2D eigenvalue weighted by Crippen LogP contribution is -2.51. The van der Waals surface area contributed by atoms with E-state index < -0.39 is 8.24 Å². The Morgan fingerprint density at radius 1 is 1.06 bits per heavy atom. The van der Waals surface area contributed by atoms with Gasteiger partial charge in [0.15, 0.2) is 8.24 Å². The fourth-order valence-electron chi connectivity index (χ4n) is 3.62. The van der Waals surface area contributed by atoms with Crippen molar-refractivity contribution in [3.63, 3.8) is 0 Å². The molecule has 17 heavy (non-hydrogen) atoms. The number of aromatic nitrogens is 1. The van der Waals surface area contributed by atoms with Crippen molar-refractivity contribution in [2.24, 2.45) is 0 Å². The molecule has 1 nitrogen and oxygen atoms in total. The minimum atomic E-state index is -1.58. The van der Waals surface area contributed by atoms with E-state index in [-0.39, 0.29) is 0 Å². The molecule has 0 aliphatic rings. The average molecular weight is 247 g/mol. The second-order valence-electron chi connectivity index (χ2n) is 5.80. The smallest absolute Gasteiger partial charge is 0.168 e. The summed E-state index contributed by atoms with van der Waals surface area (Å²) in [6.07, 6.45) is 9.86. The first kappa shape index (κ1) is 14.1. The topological polar surface area (TPSA) is 4.93 Å². The molecule has 2 heteroatoms. The van der Waals surface area contributed by atoms with Crippen molar-refractivity contribution >= 4 is 8.24 Å². The Morgan fingerprint density at radius 3 is 1.82 bits per heavy atom. The highest BCUT2D eigenvalue weighted by molar-refractivity contribution is 6.82. The van der Waals surface area contributed by atoms with Gasteiger partial charge in [-0.2, -0.15) is 0 Å². The van der Waals surface area contributed by atoms with Gasteiger partial charge in [0.2, 0.25) is 0 Å². The van der Waals surface area contributed by atoms with Gasteiger partial charge in [-0.25, -0.2) is 0 Å². The fraction of sp³-hybridized carbons (Fsp3) is 0.600. The van der Waals surface area contributed by atoms with E-state index in [1.807, 2.05) is 0 Å². The van der Waals surface area contributed by atoms with Crippen LogP contribution in [0.3, 0.4) is 0 Å². The van der Waals surface area contributed by atoms with E-state index in [4.69, 9.17) is 6.42 Å². The predicted molar refractivity (Wildman–Crippen MR) is 78.8 cm³/mol. The maximum absolute atomic E-state index is 5.49. The molecule has 1 aromatic rings. The number of terminal acetylenes is 1. The van der Waals surface area contributed by atoms with Gasteiger partial charge in [0.05, 0.1) is 0 Å². The highest BCUT2D eigenvalue weighted by Gasteiger charge is 2.44. The molecule has 0 bridgehead atoms. The van der Waals surface area contributed by atoms with Gasteiger partial charge in [0, 0.05) is 11.8 Å². The van der Waals surface area contributed by atoms with Crippen LogP contribution in [0.2, 0.25) is 16.6 Å². The molecule has 0 saturated heterocycles. The van der Waals surface area contributed by atoms with E-state index in [1.165, 1.54) is 0 Å². The molecule has 1 heterocycles. The van der Waals surface area contributed by atoms with Crippen LogP contribution in [0.15, 0.2) is 18.5 Å². The average Bonchev–Trinajstić information content (AvgIpc) is 2.65. The van der Waals surface area contributed by atoms with Gasteiger partial charge in [-0.1, -0.05) is 47.5 Å². The largest absolute Gasteiger partial charge is 0.378 e. The summed E-state index contributed by atoms with van der Waals surface area (Å²) in [5.41, 5.74) is 3.13. The standard InChI is InChI=1S/C15H25NSi/c1-8-15-9-10-16(11-15)17(12(2)3,13(4)5)14(6)7/h1,9-14H,2-7H3. The number of nitrogens with zero attached hydrogens (tertiary/aromatic N) is 1. The van der Waals surface area contributed by atoms with E-state index in [9.17, 15) is 0 Å². The summed E-state index contributed by atoms with van der Waals surface area (Å²) in [6, 6.07) is 2.06. The predicted octanol–water partition coefficient (Wildman–Crippen LogP) is 4.49. The molecule has 0 saturated carbocycles.